The Bertz CT molecular complexity index is 718. The molecule has 2 aromatic heterocycles. The molecule has 0 fully saturated rings. The van der Waals surface area contributed by atoms with E-state index in [0.29, 0.717) is 23.0 Å². The first-order valence-corrected chi connectivity index (χ1v) is 6.30. The molecule has 0 aliphatic carbocycles. The second kappa shape index (κ2) is 5.92. The summed E-state index contributed by atoms with van der Waals surface area (Å²) in [7, 11) is 0. The van der Waals surface area contributed by atoms with Crippen LogP contribution in [0.25, 0.3) is 0 Å². The van der Waals surface area contributed by atoms with Gasteiger partial charge in [-0.2, -0.15) is 0 Å². The van der Waals surface area contributed by atoms with Crippen molar-refractivity contribution in [3.8, 4) is 28.7 Å². The van der Waals surface area contributed by atoms with Crippen LogP contribution in [0.4, 0.5) is 0 Å². The molecule has 0 saturated carbocycles. The first kappa shape index (κ1) is 12.9. The summed E-state index contributed by atoms with van der Waals surface area (Å²) in [5.74, 6) is 2.25. The highest BCUT2D eigenvalue weighted by molar-refractivity contribution is 5.48. The number of nitrogens with zero attached hydrogens (tertiary/aromatic N) is 2. The van der Waals surface area contributed by atoms with Gasteiger partial charge in [0, 0.05) is 30.9 Å². The Hall–Kier alpha value is -3.08. The van der Waals surface area contributed by atoms with Crippen molar-refractivity contribution >= 4 is 0 Å². The molecule has 0 aliphatic heterocycles. The fourth-order valence-corrected chi connectivity index (χ4v) is 1.73. The van der Waals surface area contributed by atoms with Crippen LogP contribution in [0.15, 0.2) is 67.3 Å². The summed E-state index contributed by atoms with van der Waals surface area (Å²) < 4.78 is 11.5. The Kier molecular flexibility index (Phi) is 3.64. The molecule has 0 spiro atoms. The van der Waals surface area contributed by atoms with Crippen LogP contribution in [-0.2, 0) is 0 Å². The maximum absolute atomic E-state index is 9.62. The maximum atomic E-state index is 9.62. The van der Waals surface area contributed by atoms with Crippen LogP contribution < -0.4 is 9.47 Å². The molecule has 0 bridgehead atoms. The van der Waals surface area contributed by atoms with E-state index < -0.39 is 0 Å². The van der Waals surface area contributed by atoms with E-state index in [1.807, 2.05) is 0 Å². The lowest BCUT2D eigenvalue weighted by Gasteiger charge is -2.12. The zero-order chi connectivity index (χ0) is 14.5. The standard InChI is InChI=1S/C16H12N2O3/c19-12-1-2-15(20-13-3-7-17-8-4-13)16(11-12)21-14-5-9-18-10-6-14/h1-11,19H. The van der Waals surface area contributed by atoms with E-state index in [-0.39, 0.29) is 5.75 Å². The predicted molar refractivity (Wildman–Crippen MR) is 76.7 cm³/mol. The Morgan fingerprint density at radius 1 is 0.667 bits per heavy atom. The molecule has 3 rings (SSSR count). The first-order valence-electron chi connectivity index (χ1n) is 6.30. The van der Waals surface area contributed by atoms with Crippen LogP contribution in [0.2, 0.25) is 0 Å². The number of hydrogen-bond donors (Lipinski definition) is 1. The minimum atomic E-state index is 0.0983. The van der Waals surface area contributed by atoms with Gasteiger partial charge in [0.25, 0.3) is 0 Å². The third-order valence-corrected chi connectivity index (χ3v) is 2.68. The van der Waals surface area contributed by atoms with Gasteiger partial charge in [-0.25, -0.2) is 0 Å². The van der Waals surface area contributed by atoms with E-state index in [9.17, 15) is 5.11 Å². The summed E-state index contributed by atoms with van der Waals surface area (Å²) in [5, 5.41) is 9.62. The number of hydrogen-bond acceptors (Lipinski definition) is 5. The van der Waals surface area contributed by atoms with Crippen molar-refractivity contribution < 1.29 is 14.6 Å². The van der Waals surface area contributed by atoms with Crippen LogP contribution >= 0.6 is 0 Å². The molecule has 0 aliphatic rings. The topological polar surface area (TPSA) is 64.5 Å². The van der Waals surface area contributed by atoms with Gasteiger partial charge in [-0.3, -0.25) is 9.97 Å². The molecular formula is C16H12N2O3. The van der Waals surface area contributed by atoms with Crippen LogP contribution in [-0.4, -0.2) is 15.1 Å². The second-order valence-electron chi connectivity index (χ2n) is 4.20. The Morgan fingerprint density at radius 2 is 1.19 bits per heavy atom. The Morgan fingerprint density at radius 3 is 1.76 bits per heavy atom. The van der Waals surface area contributed by atoms with Crippen LogP contribution in [0.5, 0.6) is 28.7 Å². The fourth-order valence-electron chi connectivity index (χ4n) is 1.73. The van der Waals surface area contributed by atoms with Gasteiger partial charge in [0.05, 0.1) is 0 Å². The van der Waals surface area contributed by atoms with E-state index in [2.05, 4.69) is 9.97 Å². The van der Waals surface area contributed by atoms with Gasteiger partial charge in [-0.1, -0.05) is 0 Å². The molecule has 104 valence electrons. The van der Waals surface area contributed by atoms with E-state index in [4.69, 9.17) is 9.47 Å². The van der Waals surface area contributed by atoms with Gasteiger partial charge in [0.15, 0.2) is 11.5 Å². The average Bonchev–Trinajstić information content (AvgIpc) is 2.52. The van der Waals surface area contributed by atoms with Crippen molar-refractivity contribution in [3.05, 3.63) is 67.3 Å². The summed E-state index contributed by atoms with van der Waals surface area (Å²) in [6, 6.07) is 11.6. The van der Waals surface area contributed by atoms with Gasteiger partial charge >= 0.3 is 0 Å². The summed E-state index contributed by atoms with van der Waals surface area (Å²) in [6.45, 7) is 0. The highest BCUT2D eigenvalue weighted by Gasteiger charge is 2.09. The predicted octanol–water partition coefficient (Wildman–Crippen LogP) is 3.77. The maximum Gasteiger partial charge on any atom is 0.173 e. The molecule has 0 amide bonds. The SMILES string of the molecule is Oc1ccc(Oc2ccncc2)c(Oc2ccncc2)c1. The van der Waals surface area contributed by atoms with E-state index in [1.165, 1.54) is 12.1 Å². The molecule has 0 unspecified atom stereocenters. The van der Waals surface area contributed by atoms with Crippen molar-refractivity contribution in [2.45, 2.75) is 0 Å². The highest BCUT2D eigenvalue weighted by atomic mass is 16.5. The number of phenols is 1. The van der Waals surface area contributed by atoms with Crippen molar-refractivity contribution in [3.63, 3.8) is 0 Å². The van der Waals surface area contributed by atoms with Crippen molar-refractivity contribution in [1.29, 1.82) is 0 Å². The highest BCUT2D eigenvalue weighted by Crippen LogP contribution is 2.36. The smallest absolute Gasteiger partial charge is 0.173 e. The Labute approximate surface area is 121 Å². The molecular weight excluding hydrogens is 268 g/mol. The number of aromatic nitrogens is 2. The largest absolute Gasteiger partial charge is 0.508 e. The summed E-state index contributed by atoms with van der Waals surface area (Å²) in [4.78, 5) is 7.86. The van der Waals surface area contributed by atoms with Crippen LogP contribution in [0.1, 0.15) is 0 Å². The van der Waals surface area contributed by atoms with Crippen LogP contribution in [0.3, 0.4) is 0 Å². The fraction of sp³-hybridized carbons (Fsp3) is 0. The van der Waals surface area contributed by atoms with Gasteiger partial charge in [-0.15, -0.1) is 0 Å². The molecule has 21 heavy (non-hydrogen) atoms. The van der Waals surface area contributed by atoms with Gasteiger partial charge < -0.3 is 14.6 Å². The molecule has 1 N–H and O–H groups in total. The van der Waals surface area contributed by atoms with Gasteiger partial charge in [0.1, 0.15) is 17.2 Å². The molecule has 0 saturated heterocycles. The molecule has 5 heteroatoms. The lowest BCUT2D eigenvalue weighted by atomic mass is 10.3. The summed E-state index contributed by atoms with van der Waals surface area (Å²) in [6.07, 6.45) is 6.53. The van der Waals surface area contributed by atoms with Gasteiger partial charge in [-0.05, 0) is 36.4 Å². The molecule has 1 aromatic carbocycles. The molecule has 5 nitrogen and oxygen atoms in total. The van der Waals surface area contributed by atoms with Crippen LogP contribution in [0, 0.1) is 0 Å². The van der Waals surface area contributed by atoms with E-state index >= 15 is 0 Å². The number of ether oxygens (including phenoxy) is 2. The summed E-state index contributed by atoms with van der Waals surface area (Å²) in [5.41, 5.74) is 0. The second-order valence-corrected chi connectivity index (χ2v) is 4.20. The third kappa shape index (κ3) is 3.27. The average molecular weight is 280 g/mol. The molecule has 0 radical (unpaired) electrons. The number of benzene rings is 1. The normalized spacial score (nSPS) is 10.1. The summed E-state index contributed by atoms with van der Waals surface area (Å²) >= 11 is 0. The van der Waals surface area contributed by atoms with E-state index in [0.717, 1.165) is 0 Å². The van der Waals surface area contributed by atoms with Crippen molar-refractivity contribution in [2.24, 2.45) is 0 Å². The van der Waals surface area contributed by atoms with Crippen molar-refractivity contribution in [1.82, 2.24) is 9.97 Å². The zero-order valence-corrected chi connectivity index (χ0v) is 11.0. The van der Waals surface area contributed by atoms with Crippen molar-refractivity contribution in [2.75, 3.05) is 0 Å². The molecule has 2 heterocycles. The monoisotopic (exact) mass is 280 g/mol. The van der Waals surface area contributed by atoms with Gasteiger partial charge in [0.2, 0.25) is 0 Å². The van der Waals surface area contributed by atoms with E-state index in [1.54, 1.807) is 55.1 Å². The molecule has 3 aromatic rings. The number of rotatable bonds is 4. The lowest BCUT2D eigenvalue weighted by molar-refractivity contribution is 0.410. The quantitative estimate of drug-likeness (QED) is 0.788. The lowest BCUT2D eigenvalue weighted by Crippen LogP contribution is -1.90. The first-order chi connectivity index (χ1) is 10.3. The number of aromatic hydroxyl groups is 1. The molecule has 0 atom stereocenters. The third-order valence-electron chi connectivity index (χ3n) is 2.68. The Balaban J connectivity index is 1.90. The number of phenolic OH excluding ortho intramolecular Hbond substituents is 1. The minimum Gasteiger partial charge on any atom is -0.508 e. The minimum absolute atomic E-state index is 0.0983. The number of pyridine rings is 2. The zero-order valence-electron chi connectivity index (χ0n) is 11.0.